The number of aromatic nitrogens is 2. The van der Waals surface area contributed by atoms with Crippen LogP contribution >= 0.6 is 0 Å². The van der Waals surface area contributed by atoms with E-state index in [1.165, 1.54) is 12.4 Å². The minimum absolute atomic E-state index is 0.0664. The molecule has 0 unspecified atom stereocenters. The lowest BCUT2D eigenvalue weighted by atomic mass is 9.89. The largest absolute Gasteiger partial charge is 0.416 e. The number of hydrogen-bond acceptors (Lipinski definition) is 5. The number of nitrogens with one attached hydrogen (secondary N) is 3. The van der Waals surface area contributed by atoms with E-state index >= 15 is 0 Å². The number of hydrogen-bond donors (Lipinski definition) is 3. The van der Waals surface area contributed by atoms with Crippen molar-refractivity contribution < 1.29 is 18.0 Å². The predicted octanol–water partition coefficient (Wildman–Crippen LogP) is 3.88. The normalized spacial score (nSPS) is 20.2. The topological polar surface area (TPSA) is 78.9 Å². The van der Waals surface area contributed by atoms with Crippen LogP contribution in [-0.4, -0.2) is 40.0 Å². The van der Waals surface area contributed by atoms with Gasteiger partial charge in [-0.1, -0.05) is 0 Å². The molecule has 2 aromatic rings. The maximum Gasteiger partial charge on any atom is 0.416 e. The summed E-state index contributed by atoms with van der Waals surface area (Å²) in [4.78, 5) is 20.4. The molecule has 0 atom stereocenters. The maximum absolute atomic E-state index is 13.0. The van der Waals surface area contributed by atoms with Crippen molar-refractivity contribution in [3.05, 3.63) is 30.1 Å². The molecule has 0 saturated heterocycles. The van der Waals surface area contributed by atoms with Crippen molar-refractivity contribution in [2.45, 2.75) is 70.3 Å². The van der Waals surface area contributed by atoms with Crippen LogP contribution in [0.25, 0.3) is 10.9 Å². The number of benzene rings is 1. The van der Waals surface area contributed by atoms with Crippen LogP contribution in [0.4, 0.5) is 19.0 Å². The van der Waals surface area contributed by atoms with Gasteiger partial charge in [0.25, 0.3) is 0 Å². The van der Waals surface area contributed by atoms with Crippen molar-refractivity contribution in [1.29, 1.82) is 0 Å². The first kappa shape index (κ1) is 22.3. The van der Waals surface area contributed by atoms with Crippen molar-refractivity contribution in [3.63, 3.8) is 0 Å². The van der Waals surface area contributed by atoms with E-state index in [9.17, 15) is 18.0 Å². The highest BCUT2D eigenvalue weighted by Crippen LogP contribution is 2.32. The number of anilines is 1. The first-order chi connectivity index (χ1) is 14.0. The van der Waals surface area contributed by atoms with Crippen LogP contribution in [0.2, 0.25) is 0 Å². The van der Waals surface area contributed by atoms with Crippen LogP contribution in [0, 0.1) is 0 Å². The molecular formula is C21H28F3N5O. The van der Waals surface area contributed by atoms with E-state index in [2.05, 4.69) is 46.7 Å². The summed E-state index contributed by atoms with van der Waals surface area (Å²) in [5, 5.41) is 9.68. The quantitative estimate of drug-likeness (QED) is 0.680. The van der Waals surface area contributed by atoms with Gasteiger partial charge in [-0.05, 0) is 64.7 Å². The summed E-state index contributed by atoms with van der Waals surface area (Å²) in [5.74, 6) is 0.000282. The molecule has 1 aromatic heterocycles. The fraction of sp³-hybridized carbons (Fsp3) is 0.571. The summed E-state index contributed by atoms with van der Waals surface area (Å²) in [6.45, 7) is 6.35. The molecule has 6 nitrogen and oxygen atoms in total. The van der Waals surface area contributed by atoms with Crippen molar-refractivity contribution in [2.75, 3.05) is 11.9 Å². The summed E-state index contributed by atoms with van der Waals surface area (Å²) in [6, 6.07) is 3.84. The fourth-order valence-corrected chi connectivity index (χ4v) is 3.81. The second-order valence-corrected chi connectivity index (χ2v) is 8.82. The molecule has 1 aromatic carbocycles. The van der Waals surface area contributed by atoms with Gasteiger partial charge in [-0.2, -0.15) is 13.2 Å². The van der Waals surface area contributed by atoms with Gasteiger partial charge in [-0.25, -0.2) is 9.97 Å². The zero-order valence-corrected chi connectivity index (χ0v) is 17.4. The Bertz CT molecular complexity index is 886. The molecule has 1 heterocycles. The van der Waals surface area contributed by atoms with E-state index in [4.69, 9.17) is 0 Å². The Morgan fingerprint density at radius 1 is 1.07 bits per heavy atom. The van der Waals surface area contributed by atoms with E-state index in [0.717, 1.165) is 37.8 Å². The molecule has 3 N–H and O–H groups in total. The standard InChI is InChI=1S/C21H28F3N5O/c1-20(2,3)29-15-7-5-14(6-8-15)28-18(30)11-25-19-16-10-13(21(22,23)24)4-9-17(16)26-12-27-19/h4,9-10,12,14-15,29H,5-8,11H2,1-3H3,(H,28,30)(H,25,26,27). The highest BCUT2D eigenvalue weighted by molar-refractivity contribution is 5.91. The third-order valence-corrected chi connectivity index (χ3v) is 5.11. The van der Waals surface area contributed by atoms with Crippen LogP contribution < -0.4 is 16.0 Å². The lowest BCUT2D eigenvalue weighted by Gasteiger charge is -2.34. The molecule has 9 heteroatoms. The number of carbonyl (C=O) groups is 1. The number of rotatable bonds is 5. The molecule has 0 bridgehead atoms. The Morgan fingerprint density at radius 3 is 2.37 bits per heavy atom. The minimum Gasteiger partial charge on any atom is -0.360 e. The van der Waals surface area contributed by atoms with Gasteiger partial charge in [-0.3, -0.25) is 4.79 Å². The van der Waals surface area contributed by atoms with Crippen LogP contribution in [0.5, 0.6) is 0 Å². The second-order valence-electron chi connectivity index (χ2n) is 8.82. The average molecular weight is 423 g/mol. The molecule has 30 heavy (non-hydrogen) atoms. The molecule has 1 fully saturated rings. The molecule has 164 valence electrons. The lowest BCUT2D eigenvalue weighted by molar-refractivity contribution is -0.137. The van der Waals surface area contributed by atoms with Gasteiger partial charge in [0.1, 0.15) is 12.1 Å². The number of fused-ring (bicyclic) bond motifs is 1. The van der Waals surface area contributed by atoms with Crippen molar-refractivity contribution >= 4 is 22.6 Å². The summed E-state index contributed by atoms with van der Waals surface area (Å²) < 4.78 is 39.0. The van der Waals surface area contributed by atoms with Crippen molar-refractivity contribution in [1.82, 2.24) is 20.6 Å². The van der Waals surface area contributed by atoms with Gasteiger partial charge in [0.2, 0.25) is 5.91 Å². The summed E-state index contributed by atoms with van der Waals surface area (Å²) >= 11 is 0. The minimum atomic E-state index is -4.46. The predicted molar refractivity (Wildman–Crippen MR) is 110 cm³/mol. The number of nitrogens with zero attached hydrogens (tertiary/aromatic N) is 2. The highest BCUT2D eigenvalue weighted by Gasteiger charge is 2.31. The van der Waals surface area contributed by atoms with E-state index in [1.807, 2.05) is 0 Å². The monoisotopic (exact) mass is 423 g/mol. The second kappa shape index (κ2) is 8.75. The van der Waals surface area contributed by atoms with E-state index in [0.29, 0.717) is 11.6 Å². The number of carbonyl (C=O) groups excluding carboxylic acids is 1. The molecule has 1 amide bonds. The third-order valence-electron chi connectivity index (χ3n) is 5.11. The number of halogens is 3. The fourth-order valence-electron chi connectivity index (χ4n) is 3.81. The molecular weight excluding hydrogens is 395 g/mol. The Balaban J connectivity index is 1.56. The van der Waals surface area contributed by atoms with Gasteiger partial charge >= 0.3 is 6.18 Å². The number of amides is 1. The first-order valence-corrected chi connectivity index (χ1v) is 10.1. The van der Waals surface area contributed by atoms with E-state index < -0.39 is 11.7 Å². The molecule has 0 spiro atoms. The highest BCUT2D eigenvalue weighted by atomic mass is 19.4. The number of alkyl halides is 3. The molecule has 0 radical (unpaired) electrons. The Kier molecular flexibility index (Phi) is 6.50. The Hall–Kier alpha value is -2.42. The average Bonchev–Trinajstić information content (AvgIpc) is 2.65. The van der Waals surface area contributed by atoms with Gasteiger partial charge in [0, 0.05) is 23.0 Å². The van der Waals surface area contributed by atoms with E-state index in [1.54, 1.807) is 0 Å². The van der Waals surface area contributed by atoms with Crippen LogP contribution in [0.3, 0.4) is 0 Å². The maximum atomic E-state index is 13.0. The summed E-state index contributed by atoms with van der Waals surface area (Å²) in [6.07, 6.45) is 0.577. The molecule has 1 aliphatic rings. The third kappa shape index (κ3) is 6.04. The molecule has 3 rings (SSSR count). The van der Waals surface area contributed by atoms with Crippen molar-refractivity contribution in [2.24, 2.45) is 0 Å². The first-order valence-electron chi connectivity index (χ1n) is 10.1. The van der Waals surface area contributed by atoms with E-state index in [-0.39, 0.29) is 35.2 Å². The SMILES string of the molecule is CC(C)(C)NC1CCC(NC(=O)CNc2ncnc3ccc(C(F)(F)F)cc23)CC1. The van der Waals surface area contributed by atoms with Gasteiger partial charge < -0.3 is 16.0 Å². The zero-order valence-electron chi connectivity index (χ0n) is 17.4. The van der Waals surface area contributed by atoms with Gasteiger partial charge in [0.05, 0.1) is 17.6 Å². The van der Waals surface area contributed by atoms with Crippen molar-refractivity contribution in [3.8, 4) is 0 Å². The Labute approximate surface area is 174 Å². The molecule has 1 saturated carbocycles. The summed E-state index contributed by atoms with van der Waals surface area (Å²) in [5.41, 5.74) is -0.333. The Morgan fingerprint density at radius 2 is 1.73 bits per heavy atom. The van der Waals surface area contributed by atoms with Crippen LogP contribution in [0.15, 0.2) is 24.5 Å². The smallest absolute Gasteiger partial charge is 0.360 e. The zero-order chi connectivity index (χ0) is 21.9. The summed E-state index contributed by atoms with van der Waals surface area (Å²) in [7, 11) is 0. The molecule has 1 aliphatic carbocycles. The molecule has 0 aliphatic heterocycles. The van der Waals surface area contributed by atoms with Crippen LogP contribution in [0.1, 0.15) is 52.0 Å². The lowest BCUT2D eigenvalue weighted by Crippen LogP contribution is -2.48. The van der Waals surface area contributed by atoms with Gasteiger partial charge in [-0.15, -0.1) is 0 Å². The van der Waals surface area contributed by atoms with Crippen LogP contribution in [-0.2, 0) is 11.0 Å². The van der Waals surface area contributed by atoms with Gasteiger partial charge in [0.15, 0.2) is 0 Å².